The summed E-state index contributed by atoms with van der Waals surface area (Å²) in [6.07, 6.45) is -4.52. The maximum Gasteiger partial charge on any atom is 0.289 e. The van der Waals surface area contributed by atoms with Crippen molar-refractivity contribution in [1.82, 2.24) is 9.80 Å². The first-order valence-corrected chi connectivity index (χ1v) is 22.6. The number of ketones is 2. The first-order chi connectivity index (χ1) is 35.7. The Balaban J connectivity index is 0.000000226. The van der Waals surface area contributed by atoms with E-state index >= 15 is 0 Å². The van der Waals surface area contributed by atoms with Crippen LogP contribution >= 0.6 is 0 Å². The third kappa shape index (κ3) is 7.96. The van der Waals surface area contributed by atoms with Crippen LogP contribution in [0.15, 0.2) is 30.3 Å². The number of hydrogen-bond acceptors (Lipinski definition) is 32. The highest BCUT2D eigenvalue weighted by Gasteiger charge is 2.78. The summed E-state index contributed by atoms with van der Waals surface area (Å²) in [5.41, 5.74) is -16.1. The fourth-order valence-corrected chi connectivity index (χ4v) is 10.5. The van der Waals surface area contributed by atoms with E-state index in [1.807, 2.05) is 0 Å². The van der Waals surface area contributed by atoms with Crippen molar-refractivity contribution in [1.29, 1.82) is 0 Å². The molecule has 8 rings (SSSR count). The fraction of sp³-hybridized carbons (Fsp3) is 0.435. The summed E-state index contributed by atoms with van der Waals surface area (Å²) in [7, 11) is 1.97. The second-order valence-electron chi connectivity index (χ2n) is 19.3. The Morgan fingerprint density at radius 2 is 0.974 bits per heavy atom. The number of rotatable bonds is 10. The molecule has 0 amide bonds. The zero-order valence-corrected chi connectivity index (χ0v) is 40.3. The Labute approximate surface area is 434 Å². The van der Waals surface area contributed by atoms with Gasteiger partial charge in [0.25, 0.3) is 17.6 Å². The number of aromatic hydroxyl groups is 11. The van der Waals surface area contributed by atoms with Gasteiger partial charge < -0.3 is 142 Å². The SMILES string of the molecule is COc1c(O)c2c(c(O)c1OC)C(O)(O)C(O)(CC1(O)CC(O)(O)N(Cc3ccccc3)C(O)(O)C1(O)O)C2=O.O=C1c2c(O)c(O)c(O)c(O)c2C(O)(O)C1(O)CC1CCN(C(O)(O)c2c(O)c(O)c(O)c(O)c2O)CC1. The van der Waals surface area contributed by atoms with Crippen molar-refractivity contribution in [3.63, 3.8) is 0 Å². The van der Waals surface area contributed by atoms with E-state index in [-0.39, 0.29) is 36.4 Å². The zero-order chi connectivity index (χ0) is 59.0. The van der Waals surface area contributed by atoms with Gasteiger partial charge in [-0.25, -0.2) is 4.90 Å². The highest BCUT2D eigenvalue weighted by molar-refractivity contribution is 6.12. The topological polar surface area (TPSA) is 585 Å². The molecule has 2 saturated heterocycles. The Kier molecular flexibility index (Phi) is 13.9. The van der Waals surface area contributed by atoms with Crippen LogP contribution in [0.4, 0.5) is 0 Å². The molecule has 4 aromatic rings. The van der Waals surface area contributed by atoms with Crippen LogP contribution in [0.3, 0.4) is 0 Å². The van der Waals surface area contributed by atoms with Gasteiger partial charge in [-0.1, -0.05) is 30.3 Å². The van der Waals surface area contributed by atoms with Crippen LogP contribution in [-0.2, 0) is 24.0 Å². The smallest absolute Gasteiger partial charge is 0.289 e. The average molecular weight is 1110 g/mol. The molecule has 2 aliphatic heterocycles. The maximum absolute atomic E-state index is 13.4. The standard InChI is InChI=1S/C24H29NO15.C22H25NO15/c1-39-16-14(26)12-13(15(27)17(16)40-2)22(33,34)20(30,18(12)28)9-19(29)10-21(31,32)25(24(37,38)23(19,35)36)8-11-6-4-3-5-7-11;24-10-7-8(11(25)15(29)14(10)28)21(35,36)20(34,19(7)33)5-6-1-3-23(4-2-6)22(37,38)9-12(26)16(30)18(32)17(31)13(9)27/h3-7,26-27,29-38H,8-10H2,1-2H3;6,24-32,34-38H,1-5H2. The molecular weight excluding hydrogens is 1060 g/mol. The quantitative estimate of drug-likeness (QED) is 0.0399. The van der Waals surface area contributed by atoms with Gasteiger partial charge in [-0.3, -0.25) is 9.59 Å². The average Bonchev–Trinajstić information content (AvgIpc) is 3.67. The van der Waals surface area contributed by atoms with Crippen molar-refractivity contribution in [2.75, 3.05) is 27.3 Å². The lowest BCUT2D eigenvalue weighted by molar-refractivity contribution is -0.532. The monoisotopic (exact) mass is 1110 g/mol. The lowest BCUT2D eigenvalue weighted by Gasteiger charge is -2.59. The Morgan fingerprint density at radius 3 is 1.49 bits per heavy atom. The molecule has 26 N–H and O–H groups in total. The van der Waals surface area contributed by atoms with Crippen molar-refractivity contribution < 1.29 is 152 Å². The summed E-state index contributed by atoms with van der Waals surface area (Å²) in [5.74, 6) is -42.4. The molecule has 0 spiro atoms. The molecule has 0 bridgehead atoms. The van der Waals surface area contributed by atoms with Crippen LogP contribution in [0, 0.1) is 5.92 Å². The van der Waals surface area contributed by atoms with Crippen LogP contribution < -0.4 is 9.47 Å². The molecule has 2 aliphatic carbocycles. The van der Waals surface area contributed by atoms with E-state index in [4.69, 9.17) is 9.47 Å². The van der Waals surface area contributed by atoms with Crippen molar-refractivity contribution in [2.45, 2.75) is 90.5 Å². The number of nitrogens with zero attached hydrogens (tertiary/aromatic N) is 2. The predicted octanol–water partition coefficient (Wildman–Crippen LogP) is -5.84. The summed E-state index contributed by atoms with van der Waals surface area (Å²) in [5, 5.41) is 273. The van der Waals surface area contributed by atoms with Crippen LogP contribution in [0.2, 0.25) is 0 Å². The number of benzene rings is 4. The van der Waals surface area contributed by atoms with Gasteiger partial charge in [-0.2, -0.15) is 4.90 Å². The van der Waals surface area contributed by atoms with Crippen molar-refractivity contribution in [3.05, 3.63) is 63.7 Å². The Morgan fingerprint density at radius 1 is 0.551 bits per heavy atom. The number of carbonyl (C=O) groups is 2. The molecule has 4 aliphatic rings. The molecule has 0 aromatic heterocycles. The number of carbonyl (C=O) groups excluding carboxylic acids is 2. The highest BCUT2D eigenvalue weighted by atomic mass is 16.7. The van der Waals surface area contributed by atoms with Crippen LogP contribution in [0.1, 0.15) is 75.1 Å². The summed E-state index contributed by atoms with van der Waals surface area (Å²) in [6.45, 7) is -1.37. The number of hydrogen-bond donors (Lipinski definition) is 26. The molecule has 428 valence electrons. The summed E-state index contributed by atoms with van der Waals surface area (Å²) in [4.78, 5) is 27.2. The van der Waals surface area contributed by atoms with Gasteiger partial charge in [0, 0.05) is 26.1 Å². The van der Waals surface area contributed by atoms with Gasteiger partial charge in [0.15, 0.2) is 45.7 Å². The molecular formula is C46H54N2O30. The van der Waals surface area contributed by atoms with E-state index in [9.17, 15) is 142 Å². The second kappa shape index (κ2) is 18.5. The van der Waals surface area contributed by atoms with E-state index in [0.29, 0.717) is 0 Å². The molecule has 4 aromatic carbocycles. The predicted molar refractivity (Wildman–Crippen MR) is 244 cm³/mol. The summed E-state index contributed by atoms with van der Waals surface area (Å²) >= 11 is 0. The van der Waals surface area contributed by atoms with Gasteiger partial charge in [0.05, 0.1) is 42.9 Å². The van der Waals surface area contributed by atoms with Crippen molar-refractivity contribution in [2.24, 2.45) is 5.92 Å². The first-order valence-electron chi connectivity index (χ1n) is 22.6. The van der Waals surface area contributed by atoms with Gasteiger partial charge in [0.1, 0.15) is 11.2 Å². The third-order valence-electron chi connectivity index (χ3n) is 14.8. The van der Waals surface area contributed by atoms with Crippen LogP contribution in [-0.4, -0.2) is 216 Å². The number of aliphatic hydroxyl groups is 15. The van der Waals surface area contributed by atoms with Gasteiger partial charge >= 0.3 is 0 Å². The lowest BCUT2D eigenvalue weighted by atomic mass is 9.70. The largest absolute Gasteiger partial charge is 0.504 e. The number of piperidine rings is 2. The van der Waals surface area contributed by atoms with Crippen molar-refractivity contribution >= 4 is 11.6 Å². The minimum absolute atomic E-state index is 0.0163. The minimum Gasteiger partial charge on any atom is -0.504 e. The highest BCUT2D eigenvalue weighted by Crippen LogP contribution is 2.62. The number of fused-ring (bicyclic) bond motifs is 2. The molecule has 3 atom stereocenters. The first kappa shape index (κ1) is 58.6. The number of ether oxygens (including phenoxy) is 2. The number of phenolic OH excluding ortho intramolecular Hbond substituents is 11. The molecule has 0 radical (unpaired) electrons. The molecule has 78 heavy (non-hydrogen) atoms. The van der Waals surface area contributed by atoms with E-state index in [2.05, 4.69) is 0 Å². The molecule has 32 heteroatoms. The normalized spacial score (nSPS) is 25.2. The number of Topliss-reactive ketones (excluding diaryl/α,β-unsaturated/α-hetero) is 2. The van der Waals surface area contributed by atoms with Crippen LogP contribution in [0.25, 0.3) is 0 Å². The summed E-state index contributed by atoms with van der Waals surface area (Å²) < 4.78 is 9.75. The number of likely N-dealkylation sites (tertiary alicyclic amines) is 2. The van der Waals surface area contributed by atoms with Crippen molar-refractivity contribution in [3.8, 4) is 74.7 Å². The molecule has 2 heterocycles. The Bertz CT molecular complexity index is 3070. The molecule has 0 saturated carbocycles. The number of methoxy groups -OCH3 is 2. The van der Waals surface area contributed by atoms with E-state index < -0.39 is 198 Å². The molecule has 3 unspecified atom stereocenters. The summed E-state index contributed by atoms with van der Waals surface area (Å²) in [6, 6.07) is 7.42. The molecule has 2 fully saturated rings. The van der Waals surface area contributed by atoms with Gasteiger partial charge in [-0.05, 0) is 30.7 Å². The third-order valence-corrected chi connectivity index (χ3v) is 14.8. The van der Waals surface area contributed by atoms with E-state index in [1.54, 1.807) is 6.07 Å². The fourth-order valence-electron chi connectivity index (χ4n) is 10.5. The van der Waals surface area contributed by atoms with E-state index in [0.717, 1.165) is 19.1 Å². The minimum atomic E-state index is -4.25. The maximum atomic E-state index is 13.4. The molecule has 32 nitrogen and oxygen atoms in total. The second-order valence-corrected chi connectivity index (χ2v) is 19.3. The number of phenols is 11. The van der Waals surface area contributed by atoms with E-state index in [1.165, 1.54) is 24.3 Å². The van der Waals surface area contributed by atoms with Gasteiger partial charge in [-0.15, -0.1) is 0 Å². The van der Waals surface area contributed by atoms with Crippen LogP contribution in [0.5, 0.6) is 74.7 Å². The van der Waals surface area contributed by atoms with Gasteiger partial charge in [0.2, 0.25) is 69.3 Å². The zero-order valence-electron chi connectivity index (χ0n) is 40.3. The Hall–Kier alpha value is -7.06. The lowest BCUT2D eigenvalue weighted by Crippen LogP contribution is -2.84.